The van der Waals surface area contributed by atoms with Crippen LogP contribution in [0.25, 0.3) is 6.08 Å². The molecular formula is C29H30BrN3O4S. The summed E-state index contributed by atoms with van der Waals surface area (Å²) >= 11 is 4.85. The SMILES string of the molecule is COc1ccc(Br)cc1[C@H]1C(C(=O)OC(C)C)=C(C)N=c2s/c(=C\c3ccc(N4CCCC4)cc3)c(=O)n21. The van der Waals surface area contributed by atoms with Crippen molar-refractivity contribution in [2.24, 2.45) is 4.99 Å². The van der Waals surface area contributed by atoms with E-state index in [0.29, 0.717) is 31.9 Å². The van der Waals surface area contributed by atoms with E-state index < -0.39 is 12.0 Å². The molecule has 0 aliphatic carbocycles. The maximum atomic E-state index is 13.9. The van der Waals surface area contributed by atoms with Gasteiger partial charge in [-0.3, -0.25) is 9.36 Å². The number of hydrogen-bond acceptors (Lipinski definition) is 7. The summed E-state index contributed by atoms with van der Waals surface area (Å²) in [6, 6.07) is 13.1. The molecule has 0 unspecified atom stereocenters. The van der Waals surface area contributed by atoms with Crippen molar-refractivity contribution in [2.45, 2.75) is 45.8 Å². The number of anilines is 1. The van der Waals surface area contributed by atoms with E-state index in [0.717, 1.165) is 23.1 Å². The van der Waals surface area contributed by atoms with Crippen molar-refractivity contribution in [3.63, 3.8) is 0 Å². The Hall–Kier alpha value is -3.17. The van der Waals surface area contributed by atoms with Crippen molar-refractivity contribution >= 4 is 45.0 Å². The van der Waals surface area contributed by atoms with E-state index in [1.54, 1.807) is 32.4 Å². The summed E-state index contributed by atoms with van der Waals surface area (Å²) < 4.78 is 14.2. The fourth-order valence-corrected chi connectivity index (χ4v) is 6.41. The maximum absolute atomic E-state index is 13.9. The van der Waals surface area contributed by atoms with Crippen molar-refractivity contribution in [2.75, 3.05) is 25.1 Å². The number of halogens is 1. The van der Waals surface area contributed by atoms with Crippen LogP contribution in [0.4, 0.5) is 5.69 Å². The normalized spacial score (nSPS) is 17.6. The number of carbonyl (C=O) groups excluding carboxylic acids is 1. The average molecular weight is 597 g/mol. The topological polar surface area (TPSA) is 73.1 Å². The van der Waals surface area contributed by atoms with Gasteiger partial charge in [0, 0.05) is 28.8 Å². The van der Waals surface area contributed by atoms with Gasteiger partial charge in [-0.25, -0.2) is 9.79 Å². The smallest absolute Gasteiger partial charge is 0.338 e. The molecule has 1 aromatic heterocycles. The van der Waals surface area contributed by atoms with Gasteiger partial charge in [0.15, 0.2) is 4.80 Å². The molecule has 1 fully saturated rings. The monoisotopic (exact) mass is 595 g/mol. The Bertz CT molecular complexity index is 1580. The zero-order chi connectivity index (χ0) is 27.0. The van der Waals surface area contributed by atoms with Gasteiger partial charge in [0.05, 0.1) is 29.0 Å². The van der Waals surface area contributed by atoms with Crippen LogP contribution >= 0.6 is 27.3 Å². The number of rotatable bonds is 6. The van der Waals surface area contributed by atoms with Crippen LogP contribution in [0, 0.1) is 0 Å². The number of hydrogen-bond donors (Lipinski definition) is 0. The first kappa shape index (κ1) is 26.4. The number of thiazole rings is 1. The van der Waals surface area contributed by atoms with Crippen LogP contribution in [0.3, 0.4) is 0 Å². The summed E-state index contributed by atoms with van der Waals surface area (Å²) in [4.78, 5) is 34.8. The number of methoxy groups -OCH3 is 1. The third-order valence-corrected chi connectivity index (χ3v) is 8.21. The van der Waals surface area contributed by atoms with Gasteiger partial charge in [-0.15, -0.1) is 0 Å². The van der Waals surface area contributed by atoms with Crippen molar-refractivity contribution in [3.8, 4) is 5.75 Å². The number of allylic oxidation sites excluding steroid dienone is 1. The molecule has 3 aromatic rings. The Balaban J connectivity index is 1.65. The average Bonchev–Trinajstić information content (AvgIpc) is 3.52. The van der Waals surface area contributed by atoms with E-state index in [1.807, 2.05) is 36.4 Å². The molecule has 1 saturated heterocycles. The van der Waals surface area contributed by atoms with E-state index in [1.165, 1.54) is 29.9 Å². The van der Waals surface area contributed by atoms with E-state index in [2.05, 4.69) is 38.0 Å². The standard InChI is InChI=1S/C29H30BrN3O4S/c1-17(2)37-28(35)25-18(3)31-29-33(26(25)22-16-20(30)9-12-23(22)36-4)27(34)24(38-29)15-19-7-10-21(11-8-19)32-13-5-6-14-32/h7-12,15-17,26H,5-6,13-14H2,1-4H3/b24-15-/t26-/m0/s1. The van der Waals surface area contributed by atoms with Crippen molar-refractivity contribution < 1.29 is 14.3 Å². The van der Waals surface area contributed by atoms with Gasteiger partial charge in [0.25, 0.3) is 5.56 Å². The van der Waals surface area contributed by atoms with Crippen molar-refractivity contribution in [1.29, 1.82) is 0 Å². The predicted octanol–water partition coefficient (Wildman–Crippen LogP) is 4.56. The van der Waals surface area contributed by atoms with E-state index >= 15 is 0 Å². The Morgan fingerprint density at radius 1 is 1.16 bits per heavy atom. The molecule has 0 spiro atoms. The summed E-state index contributed by atoms with van der Waals surface area (Å²) in [5, 5.41) is 0. The highest BCUT2D eigenvalue weighted by Crippen LogP contribution is 2.37. The molecule has 0 N–H and O–H groups in total. The molecule has 0 bridgehead atoms. The molecule has 1 atom stereocenters. The fraction of sp³-hybridized carbons (Fsp3) is 0.345. The lowest BCUT2D eigenvalue weighted by atomic mass is 9.95. The molecule has 5 rings (SSSR count). The summed E-state index contributed by atoms with van der Waals surface area (Å²) in [5.41, 5.74) is 3.44. The minimum atomic E-state index is -0.746. The molecule has 3 heterocycles. The van der Waals surface area contributed by atoms with Gasteiger partial charge in [-0.2, -0.15) is 0 Å². The number of nitrogens with zero attached hydrogens (tertiary/aromatic N) is 3. The summed E-state index contributed by atoms with van der Waals surface area (Å²) in [7, 11) is 1.57. The number of esters is 1. The fourth-order valence-electron chi connectivity index (χ4n) is 4.98. The van der Waals surface area contributed by atoms with Crippen molar-refractivity contribution in [3.05, 3.63) is 89.0 Å². The molecule has 7 nitrogen and oxygen atoms in total. The summed E-state index contributed by atoms with van der Waals surface area (Å²) in [5.74, 6) is 0.0647. The molecule has 198 valence electrons. The minimum absolute atomic E-state index is 0.216. The zero-order valence-electron chi connectivity index (χ0n) is 21.9. The highest BCUT2D eigenvalue weighted by molar-refractivity contribution is 9.10. The maximum Gasteiger partial charge on any atom is 0.338 e. The Morgan fingerprint density at radius 3 is 2.53 bits per heavy atom. The van der Waals surface area contributed by atoms with E-state index in [-0.39, 0.29) is 11.7 Å². The number of aromatic nitrogens is 1. The summed E-state index contributed by atoms with van der Waals surface area (Å²) in [6.07, 6.45) is 4.01. The Kier molecular flexibility index (Phi) is 7.59. The molecule has 38 heavy (non-hydrogen) atoms. The van der Waals surface area contributed by atoms with Crippen molar-refractivity contribution in [1.82, 2.24) is 4.57 Å². The third kappa shape index (κ3) is 5.09. The van der Waals surface area contributed by atoms with E-state index in [9.17, 15) is 9.59 Å². The molecule has 9 heteroatoms. The van der Waals surface area contributed by atoms with Gasteiger partial charge in [0.2, 0.25) is 0 Å². The first-order chi connectivity index (χ1) is 18.3. The second-order valence-electron chi connectivity index (χ2n) is 9.71. The quantitative estimate of drug-likeness (QED) is 0.391. The van der Waals surface area contributed by atoms with Crippen LogP contribution in [0.5, 0.6) is 5.75 Å². The molecule has 0 amide bonds. The number of benzene rings is 2. The molecule has 2 aliphatic heterocycles. The van der Waals surface area contributed by atoms with Gasteiger partial charge in [-0.05, 0) is 75.6 Å². The van der Waals surface area contributed by atoms with Crippen LogP contribution in [-0.2, 0) is 9.53 Å². The number of ether oxygens (including phenoxy) is 2. The van der Waals surface area contributed by atoms with Crippen LogP contribution in [0.1, 0.15) is 50.8 Å². The third-order valence-electron chi connectivity index (χ3n) is 6.73. The lowest BCUT2D eigenvalue weighted by molar-refractivity contribution is -0.143. The van der Waals surface area contributed by atoms with Gasteiger partial charge < -0.3 is 14.4 Å². The highest BCUT2D eigenvalue weighted by atomic mass is 79.9. The lowest BCUT2D eigenvalue weighted by Gasteiger charge is -2.26. The van der Waals surface area contributed by atoms with Crippen LogP contribution in [0.2, 0.25) is 0 Å². The van der Waals surface area contributed by atoms with Gasteiger partial charge in [-0.1, -0.05) is 39.4 Å². The minimum Gasteiger partial charge on any atom is -0.496 e. The first-order valence-electron chi connectivity index (χ1n) is 12.7. The molecule has 0 saturated carbocycles. The van der Waals surface area contributed by atoms with Gasteiger partial charge >= 0.3 is 5.97 Å². The van der Waals surface area contributed by atoms with Crippen LogP contribution in [0.15, 0.2) is 68.0 Å². The molecule has 0 radical (unpaired) electrons. The first-order valence-corrected chi connectivity index (χ1v) is 14.3. The number of fused-ring (bicyclic) bond motifs is 1. The zero-order valence-corrected chi connectivity index (χ0v) is 24.3. The van der Waals surface area contributed by atoms with Crippen LogP contribution < -0.4 is 24.5 Å². The van der Waals surface area contributed by atoms with Crippen LogP contribution in [-0.4, -0.2) is 36.8 Å². The number of carbonyl (C=O) groups is 1. The predicted molar refractivity (Wildman–Crippen MR) is 154 cm³/mol. The second-order valence-corrected chi connectivity index (χ2v) is 11.6. The Labute approximate surface area is 233 Å². The molecular weight excluding hydrogens is 566 g/mol. The second kappa shape index (κ2) is 10.9. The summed E-state index contributed by atoms with van der Waals surface area (Å²) in [6.45, 7) is 7.54. The van der Waals surface area contributed by atoms with E-state index in [4.69, 9.17) is 9.47 Å². The van der Waals surface area contributed by atoms with Gasteiger partial charge in [0.1, 0.15) is 11.8 Å². The largest absolute Gasteiger partial charge is 0.496 e. The molecule has 2 aliphatic rings. The molecule has 2 aromatic carbocycles. The lowest BCUT2D eigenvalue weighted by Crippen LogP contribution is -2.40. The Morgan fingerprint density at radius 2 is 1.87 bits per heavy atom. The highest BCUT2D eigenvalue weighted by Gasteiger charge is 2.35.